The second-order valence-corrected chi connectivity index (χ2v) is 18.0. The summed E-state index contributed by atoms with van der Waals surface area (Å²) in [5.41, 5.74) is 15.0. The fourth-order valence-corrected chi connectivity index (χ4v) is 12.2. The van der Waals surface area contributed by atoms with E-state index in [1.54, 1.807) is 0 Å². The van der Waals surface area contributed by atoms with E-state index in [0.29, 0.717) is 29.8 Å². The van der Waals surface area contributed by atoms with Gasteiger partial charge in [0.1, 0.15) is 0 Å². The molecule has 6 aliphatic rings. The minimum Gasteiger partial charge on any atom is -0.336 e. The number of nitriles is 1. The number of nitrogens with zero attached hydrogens (tertiary/aromatic N) is 5. The van der Waals surface area contributed by atoms with Gasteiger partial charge in [-0.05, 0) is 117 Å². The highest BCUT2D eigenvalue weighted by molar-refractivity contribution is 5.97. The largest absolute Gasteiger partial charge is 0.336 e. The number of para-hydroxylation sites is 3. The van der Waals surface area contributed by atoms with Crippen molar-refractivity contribution in [3.63, 3.8) is 0 Å². The van der Waals surface area contributed by atoms with Gasteiger partial charge in [-0.1, -0.05) is 92.9 Å². The van der Waals surface area contributed by atoms with E-state index < -0.39 is 0 Å². The van der Waals surface area contributed by atoms with Gasteiger partial charge >= 0.3 is 0 Å². The first kappa shape index (κ1) is 36.9. The summed E-state index contributed by atoms with van der Waals surface area (Å²) in [4.78, 5) is 10.6. The maximum atomic E-state index is 10.9. The molecule has 3 fully saturated rings. The summed E-state index contributed by atoms with van der Waals surface area (Å²) in [6.07, 6.45) is 8.56. The molecule has 7 heteroatoms. The molecule has 6 heterocycles. The average Bonchev–Trinajstić information content (AvgIpc) is 3.93. The molecule has 3 saturated heterocycles. The summed E-state index contributed by atoms with van der Waals surface area (Å²) >= 11 is 0. The van der Waals surface area contributed by atoms with Crippen LogP contribution in [0, 0.1) is 11.3 Å². The van der Waals surface area contributed by atoms with Gasteiger partial charge in [0.25, 0.3) is 0 Å². The van der Waals surface area contributed by atoms with Gasteiger partial charge in [0.15, 0.2) is 0 Å². The molecule has 2 N–H and O–H groups in total. The number of benzene rings is 5. The van der Waals surface area contributed by atoms with Crippen LogP contribution in [0.3, 0.4) is 0 Å². The highest BCUT2D eigenvalue weighted by atomic mass is 15.3. The molecule has 59 heavy (non-hydrogen) atoms. The molecule has 6 atom stereocenters. The monoisotopic (exact) mass is 779 g/mol. The average molecular weight is 780 g/mol. The van der Waals surface area contributed by atoms with Crippen molar-refractivity contribution in [3.8, 4) is 17.2 Å². The van der Waals surface area contributed by atoms with Crippen LogP contribution in [0.25, 0.3) is 11.1 Å². The zero-order chi connectivity index (χ0) is 39.5. The Labute approximate surface area is 350 Å². The van der Waals surface area contributed by atoms with Gasteiger partial charge in [-0.3, -0.25) is 0 Å². The van der Waals surface area contributed by atoms with Crippen molar-refractivity contribution in [2.45, 2.75) is 87.7 Å². The van der Waals surface area contributed by atoms with E-state index in [1.807, 2.05) is 0 Å². The Morgan fingerprint density at radius 3 is 1.73 bits per heavy atom. The quantitative estimate of drug-likeness (QED) is 0.145. The summed E-state index contributed by atoms with van der Waals surface area (Å²) < 4.78 is 0. The summed E-state index contributed by atoms with van der Waals surface area (Å²) in [5, 5.41) is 18.4. The van der Waals surface area contributed by atoms with Crippen LogP contribution < -0.4 is 25.3 Å². The lowest BCUT2D eigenvalue weighted by Crippen LogP contribution is -2.47. The van der Waals surface area contributed by atoms with E-state index in [2.05, 4.69) is 152 Å². The number of hydrogen-bond acceptors (Lipinski definition) is 7. The van der Waals surface area contributed by atoms with Crippen LogP contribution in [0.5, 0.6) is 0 Å². The number of anilines is 6. The molecule has 300 valence electrons. The normalized spacial score (nSPS) is 25.5. The Morgan fingerprint density at radius 2 is 1.14 bits per heavy atom. The van der Waals surface area contributed by atoms with Crippen LogP contribution in [0.2, 0.25) is 0 Å². The third-order valence-electron chi connectivity index (χ3n) is 14.9. The van der Waals surface area contributed by atoms with Crippen molar-refractivity contribution in [1.29, 1.82) is 5.26 Å². The summed E-state index contributed by atoms with van der Waals surface area (Å²) in [7, 11) is 0. The number of nitrogens with one attached hydrogen (secondary N) is 2. The fraction of sp³-hybridized carbons (Fsp3) is 0.404. The van der Waals surface area contributed by atoms with E-state index in [1.165, 1.54) is 76.3 Å². The Bertz CT molecular complexity index is 2380. The van der Waals surface area contributed by atoms with Gasteiger partial charge in [0.05, 0.1) is 41.1 Å². The molecule has 5 aromatic rings. The highest BCUT2D eigenvalue weighted by Crippen LogP contribution is 2.56. The Morgan fingerprint density at radius 1 is 0.593 bits per heavy atom. The van der Waals surface area contributed by atoms with Gasteiger partial charge in [0.2, 0.25) is 0 Å². The molecule has 11 rings (SSSR count). The molecular weight excluding hydrogens is 723 g/mol. The first-order valence-electron chi connectivity index (χ1n) is 22.7. The topological polar surface area (TPSA) is 60.8 Å². The highest BCUT2D eigenvalue weighted by Gasteiger charge is 2.46. The Kier molecular flexibility index (Phi) is 9.68. The number of hydrogen-bond donors (Lipinski definition) is 2. The third-order valence-corrected chi connectivity index (χ3v) is 14.9. The molecule has 6 aliphatic heterocycles. The van der Waals surface area contributed by atoms with E-state index >= 15 is 0 Å². The van der Waals surface area contributed by atoms with Crippen LogP contribution in [0.4, 0.5) is 34.1 Å². The molecule has 6 unspecified atom stereocenters. The van der Waals surface area contributed by atoms with Crippen molar-refractivity contribution in [2.24, 2.45) is 0 Å². The maximum Gasteiger partial charge on any atom is 0.0993 e. The van der Waals surface area contributed by atoms with Gasteiger partial charge in [-0.2, -0.15) is 5.26 Å². The molecule has 5 aromatic carbocycles. The van der Waals surface area contributed by atoms with Crippen LogP contribution >= 0.6 is 0 Å². The van der Waals surface area contributed by atoms with Crippen LogP contribution in [-0.2, 0) is 0 Å². The predicted octanol–water partition coefficient (Wildman–Crippen LogP) is 10.3. The van der Waals surface area contributed by atoms with Crippen molar-refractivity contribution in [2.75, 3.05) is 60.5 Å². The Hall–Kier alpha value is -5.13. The summed E-state index contributed by atoms with van der Waals surface area (Å²) in [5.74, 6) is 1.44. The lowest BCUT2D eigenvalue weighted by atomic mass is 9.87. The number of unbranched alkanes of at least 4 members (excludes halogenated alkanes) is 3. The molecular formula is C52H57N7. The van der Waals surface area contributed by atoms with Crippen LogP contribution in [-0.4, -0.2) is 68.8 Å². The van der Waals surface area contributed by atoms with Gasteiger partial charge in [-0.15, -0.1) is 0 Å². The second kappa shape index (κ2) is 15.5. The third kappa shape index (κ3) is 6.17. The minimum atomic E-state index is 0.268. The van der Waals surface area contributed by atoms with Gasteiger partial charge in [-0.25, -0.2) is 0 Å². The van der Waals surface area contributed by atoms with E-state index in [0.717, 1.165) is 82.0 Å². The lowest BCUT2D eigenvalue weighted by Gasteiger charge is -2.41. The second-order valence-electron chi connectivity index (χ2n) is 18.0. The van der Waals surface area contributed by atoms with Crippen molar-refractivity contribution in [3.05, 3.63) is 131 Å². The van der Waals surface area contributed by atoms with Crippen molar-refractivity contribution >= 4 is 34.1 Å². The predicted molar refractivity (Wildman–Crippen MR) is 242 cm³/mol. The SMILES string of the molecule is CCCCCCN1CCC2c3ccccc3N(c3cc(C#N)cc(N4c5ccccc5C5CCNCC54)c3-c3ccc(N4c5ccccc5C5CCNCC54)cc3)C2C1. The van der Waals surface area contributed by atoms with Crippen LogP contribution in [0.15, 0.2) is 109 Å². The zero-order valence-electron chi connectivity index (χ0n) is 34.5. The van der Waals surface area contributed by atoms with Crippen molar-refractivity contribution < 1.29 is 0 Å². The summed E-state index contributed by atoms with van der Waals surface area (Å²) in [6.45, 7) is 9.63. The number of likely N-dealkylation sites (tertiary alicyclic amines) is 1. The fourth-order valence-electron chi connectivity index (χ4n) is 12.2. The number of fused-ring (bicyclic) bond motifs is 9. The lowest BCUT2D eigenvalue weighted by molar-refractivity contribution is 0.193. The van der Waals surface area contributed by atoms with Crippen molar-refractivity contribution in [1.82, 2.24) is 15.5 Å². The number of piperidine rings is 3. The molecule has 0 aromatic heterocycles. The van der Waals surface area contributed by atoms with Gasteiger partial charge in [0, 0.05) is 65.7 Å². The van der Waals surface area contributed by atoms with E-state index in [-0.39, 0.29) is 6.04 Å². The first-order valence-corrected chi connectivity index (χ1v) is 22.7. The number of rotatable bonds is 9. The minimum absolute atomic E-state index is 0.268. The molecule has 0 aliphatic carbocycles. The smallest absolute Gasteiger partial charge is 0.0993 e. The zero-order valence-corrected chi connectivity index (χ0v) is 34.5. The summed E-state index contributed by atoms with van der Waals surface area (Å²) in [6, 6.07) is 44.9. The van der Waals surface area contributed by atoms with Crippen LogP contribution in [0.1, 0.15) is 91.9 Å². The Balaban J connectivity index is 1.08. The molecule has 0 spiro atoms. The molecule has 0 radical (unpaired) electrons. The first-order chi connectivity index (χ1) is 29.2. The molecule has 0 bridgehead atoms. The van der Waals surface area contributed by atoms with E-state index in [4.69, 9.17) is 0 Å². The standard InChI is InChI=1S/C52H57N7/c1-2-3-4-11-27-56-28-24-43-40-14-7-10-17-46(40)59(51(43)34-56)48-30-35(31-53)29-47(58-45-16-9-6-13-39(45)42-23-26-55-33-50(42)58)52(48)36-18-20-37(21-19-36)57-44-15-8-5-12-38(44)41-22-25-54-32-49(41)57/h5-10,12-21,29-30,41-43,49-51,54-55H,2-4,11,22-28,32-34H2,1H3. The van der Waals surface area contributed by atoms with E-state index in [9.17, 15) is 5.26 Å². The molecule has 0 saturated carbocycles. The van der Waals surface area contributed by atoms with Gasteiger partial charge < -0.3 is 30.2 Å². The molecule has 7 nitrogen and oxygen atoms in total. The maximum absolute atomic E-state index is 10.9. The molecule has 0 amide bonds.